The van der Waals surface area contributed by atoms with Gasteiger partial charge in [0.1, 0.15) is 10.8 Å². The summed E-state index contributed by atoms with van der Waals surface area (Å²) in [6.45, 7) is 4.24. The molecule has 1 aromatic carbocycles. The zero-order valence-corrected chi connectivity index (χ0v) is 16.8. The van der Waals surface area contributed by atoms with Crippen molar-refractivity contribution < 1.29 is 14.1 Å². The summed E-state index contributed by atoms with van der Waals surface area (Å²) < 4.78 is 5.15. The molecule has 0 saturated carbocycles. The molecule has 146 valence electrons. The highest BCUT2D eigenvalue weighted by Crippen LogP contribution is 2.17. The lowest BCUT2D eigenvalue weighted by Gasteiger charge is -2.02. The standard InChI is InChI=1S/C18H18ClN5O3S/c1-10(2)6-13-8-14(24-27-13)16(25)20-9-15-22-23-18(28-15)17(26)21-12-5-3-4-11(19)7-12/h3-5,7-8,10H,6,9H2,1-2H3,(H,20,25)(H,21,26). The lowest BCUT2D eigenvalue weighted by Crippen LogP contribution is -2.23. The fourth-order valence-corrected chi connectivity index (χ4v) is 3.20. The summed E-state index contributed by atoms with van der Waals surface area (Å²) in [5.41, 5.74) is 0.768. The molecule has 0 atom stereocenters. The van der Waals surface area contributed by atoms with Gasteiger partial charge in [0.25, 0.3) is 11.8 Å². The molecule has 0 aliphatic rings. The minimum atomic E-state index is -0.396. The van der Waals surface area contributed by atoms with Gasteiger partial charge in [0.2, 0.25) is 5.01 Å². The molecule has 2 N–H and O–H groups in total. The van der Waals surface area contributed by atoms with Gasteiger partial charge < -0.3 is 15.2 Å². The van der Waals surface area contributed by atoms with Gasteiger partial charge in [0.05, 0.1) is 6.54 Å². The zero-order valence-electron chi connectivity index (χ0n) is 15.2. The first-order valence-corrected chi connectivity index (χ1v) is 9.73. The third-order valence-corrected chi connectivity index (χ3v) is 4.70. The van der Waals surface area contributed by atoms with Crippen molar-refractivity contribution in [1.82, 2.24) is 20.7 Å². The van der Waals surface area contributed by atoms with Crippen LogP contribution in [0.2, 0.25) is 5.02 Å². The number of nitrogens with one attached hydrogen (secondary N) is 2. The topological polar surface area (TPSA) is 110 Å². The van der Waals surface area contributed by atoms with Crippen LogP contribution in [0, 0.1) is 5.92 Å². The van der Waals surface area contributed by atoms with Crippen LogP contribution in [0.25, 0.3) is 0 Å². The van der Waals surface area contributed by atoms with E-state index in [1.807, 2.05) is 0 Å². The molecule has 0 aliphatic carbocycles. The van der Waals surface area contributed by atoms with Crippen molar-refractivity contribution in [1.29, 1.82) is 0 Å². The van der Waals surface area contributed by atoms with Crippen molar-refractivity contribution >= 4 is 40.4 Å². The van der Waals surface area contributed by atoms with Crippen molar-refractivity contribution in [3.8, 4) is 0 Å². The number of hydrogen-bond acceptors (Lipinski definition) is 7. The quantitative estimate of drug-likeness (QED) is 0.605. The average Bonchev–Trinajstić information content (AvgIpc) is 3.29. The Kier molecular flexibility index (Phi) is 6.37. The summed E-state index contributed by atoms with van der Waals surface area (Å²) in [5, 5.41) is 18.1. The number of anilines is 1. The van der Waals surface area contributed by atoms with Crippen molar-refractivity contribution in [3.63, 3.8) is 0 Å². The van der Waals surface area contributed by atoms with Gasteiger partial charge in [-0.15, -0.1) is 10.2 Å². The van der Waals surface area contributed by atoms with Gasteiger partial charge in [0.15, 0.2) is 5.69 Å². The summed E-state index contributed by atoms with van der Waals surface area (Å²) in [4.78, 5) is 24.4. The van der Waals surface area contributed by atoms with Gasteiger partial charge in [-0.3, -0.25) is 9.59 Å². The highest BCUT2D eigenvalue weighted by molar-refractivity contribution is 7.13. The number of nitrogens with zero attached hydrogens (tertiary/aromatic N) is 3. The maximum Gasteiger partial charge on any atom is 0.286 e. The van der Waals surface area contributed by atoms with E-state index in [-0.39, 0.29) is 23.2 Å². The van der Waals surface area contributed by atoms with E-state index in [0.29, 0.717) is 33.8 Å². The Morgan fingerprint density at radius 2 is 2.04 bits per heavy atom. The van der Waals surface area contributed by atoms with Gasteiger partial charge in [-0.05, 0) is 24.1 Å². The Morgan fingerprint density at radius 3 is 2.79 bits per heavy atom. The number of carbonyl (C=O) groups is 2. The van der Waals surface area contributed by atoms with E-state index in [1.165, 1.54) is 0 Å². The lowest BCUT2D eigenvalue weighted by molar-refractivity contribution is 0.0940. The van der Waals surface area contributed by atoms with Gasteiger partial charge in [-0.25, -0.2) is 0 Å². The molecule has 0 bridgehead atoms. The molecule has 0 fully saturated rings. The average molecular weight is 420 g/mol. The summed E-state index contributed by atoms with van der Waals surface area (Å²) in [6.07, 6.45) is 0.710. The smallest absolute Gasteiger partial charge is 0.286 e. The SMILES string of the molecule is CC(C)Cc1cc(C(=O)NCc2nnc(C(=O)Nc3cccc(Cl)c3)s2)no1. The van der Waals surface area contributed by atoms with Gasteiger partial charge >= 0.3 is 0 Å². The van der Waals surface area contributed by atoms with Crippen LogP contribution in [0.15, 0.2) is 34.9 Å². The number of hydrogen-bond donors (Lipinski definition) is 2. The van der Waals surface area contributed by atoms with Crippen molar-refractivity contribution in [2.45, 2.75) is 26.8 Å². The normalized spacial score (nSPS) is 10.9. The van der Waals surface area contributed by atoms with Crippen LogP contribution in [-0.4, -0.2) is 27.2 Å². The van der Waals surface area contributed by atoms with Crippen LogP contribution in [0.4, 0.5) is 5.69 Å². The Bertz CT molecular complexity index is 985. The molecule has 0 spiro atoms. The van der Waals surface area contributed by atoms with E-state index in [2.05, 4.69) is 39.8 Å². The van der Waals surface area contributed by atoms with Crippen molar-refractivity contribution in [3.05, 3.63) is 56.8 Å². The lowest BCUT2D eigenvalue weighted by atomic mass is 10.1. The molecule has 2 heterocycles. The van der Waals surface area contributed by atoms with Gasteiger partial charge in [0, 0.05) is 23.2 Å². The molecule has 0 saturated heterocycles. The molecule has 3 aromatic rings. The maximum atomic E-state index is 12.2. The van der Waals surface area contributed by atoms with Crippen LogP contribution < -0.4 is 10.6 Å². The van der Waals surface area contributed by atoms with E-state index in [9.17, 15) is 9.59 Å². The molecule has 0 aliphatic heterocycles. The third kappa shape index (κ3) is 5.37. The first kappa shape index (κ1) is 20.0. The molecule has 2 amide bonds. The second kappa shape index (κ2) is 8.94. The molecule has 3 rings (SSSR count). The number of halogens is 1. The molecule has 0 unspecified atom stereocenters. The van der Waals surface area contributed by atoms with E-state index < -0.39 is 5.91 Å². The van der Waals surface area contributed by atoms with E-state index in [0.717, 1.165) is 11.3 Å². The Morgan fingerprint density at radius 1 is 1.21 bits per heavy atom. The van der Waals surface area contributed by atoms with Crippen LogP contribution in [0.1, 0.15) is 44.9 Å². The Labute approximate surface area is 170 Å². The predicted molar refractivity (Wildman–Crippen MR) is 106 cm³/mol. The molecule has 0 radical (unpaired) electrons. The molecule has 28 heavy (non-hydrogen) atoms. The second-order valence-corrected chi connectivity index (χ2v) is 7.92. The van der Waals surface area contributed by atoms with Gasteiger partial charge in [-0.1, -0.05) is 48.0 Å². The first-order valence-electron chi connectivity index (χ1n) is 8.54. The van der Waals surface area contributed by atoms with Crippen molar-refractivity contribution in [2.24, 2.45) is 5.92 Å². The molecule has 10 heteroatoms. The minimum absolute atomic E-state index is 0.132. The minimum Gasteiger partial charge on any atom is -0.361 e. The molecule has 2 aromatic heterocycles. The van der Waals surface area contributed by atoms with Crippen molar-refractivity contribution in [2.75, 3.05) is 5.32 Å². The summed E-state index contributed by atoms with van der Waals surface area (Å²) >= 11 is 6.99. The maximum absolute atomic E-state index is 12.2. The highest BCUT2D eigenvalue weighted by Gasteiger charge is 2.16. The summed E-state index contributed by atoms with van der Waals surface area (Å²) in [5.74, 6) is 0.295. The fourth-order valence-electron chi connectivity index (χ4n) is 2.33. The number of rotatable bonds is 7. The number of carbonyl (C=O) groups excluding carboxylic acids is 2. The monoisotopic (exact) mass is 419 g/mol. The van der Waals surface area contributed by atoms with Crippen LogP contribution in [-0.2, 0) is 13.0 Å². The van der Waals surface area contributed by atoms with Crippen LogP contribution >= 0.6 is 22.9 Å². The number of aromatic nitrogens is 3. The van der Waals surface area contributed by atoms with E-state index in [1.54, 1.807) is 30.3 Å². The Balaban J connectivity index is 1.54. The number of benzene rings is 1. The van der Waals surface area contributed by atoms with Crippen LogP contribution in [0.5, 0.6) is 0 Å². The zero-order chi connectivity index (χ0) is 20.1. The molecular formula is C18H18ClN5O3S. The largest absolute Gasteiger partial charge is 0.361 e. The fraction of sp³-hybridized carbons (Fsp3) is 0.278. The summed E-state index contributed by atoms with van der Waals surface area (Å²) in [7, 11) is 0. The third-order valence-electron chi connectivity index (χ3n) is 3.54. The highest BCUT2D eigenvalue weighted by atomic mass is 35.5. The Hall–Kier alpha value is -2.78. The molecule has 8 nitrogen and oxygen atoms in total. The molecular weight excluding hydrogens is 402 g/mol. The summed E-state index contributed by atoms with van der Waals surface area (Å²) in [6, 6.07) is 8.42. The van der Waals surface area contributed by atoms with E-state index >= 15 is 0 Å². The first-order chi connectivity index (χ1) is 13.4. The van der Waals surface area contributed by atoms with Crippen LogP contribution in [0.3, 0.4) is 0 Å². The number of amides is 2. The predicted octanol–water partition coefficient (Wildman–Crippen LogP) is 3.56. The second-order valence-electron chi connectivity index (χ2n) is 6.42. The van der Waals surface area contributed by atoms with E-state index in [4.69, 9.17) is 16.1 Å². The van der Waals surface area contributed by atoms with Gasteiger partial charge in [-0.2, -0.15) is 0 Å².